The molecule has 4 unspecified atom stereocenters. The number of hydrogen-bond donors (Lipinski definition) is 4. The van der Waals surface area contributed by atoms with Gasteiger partial charge in [-0.05, 0) is 93.5 Å². The number of nitrogens with one attached hydrogen (secondary N) is 2. The number of amidine groups is 1. The van der Waals surface area contributed by atoms with E-state index in [0.717, 1.165) is 50.7 Å². The number of carbonyl (C=O) groups excluding carboxylic acids is 2. The molecule has 214 valence electrons. The van der Waals surface area contributed by atoms with Crippen molar-refractivity contribution in [1.29, 1.82) is 5.41 Å². The third-order valence-electron chi connectivity index (χ3n) is 10.5. The fourth-order valence-electron chi connectivity index (χ4n) is 8.19. The van der Waals surface area contributed by atoms with E-state index in [0.29, 0.717) is 43.4 Å². The maximum atomic E-state index is 12.4. The van der Waals surface area contributed by atoms with Crippen LogP contribution in [0.4, 0.5) is 0 Å². The van der Waals surface area contributed by atoms with Gasteiger partial charge in [-0.2, -0.15) is 0 Å². The zero-order valence-corrected chi connectivity index (χ0v) is 23.6. The van der Waals surface area contributed by atoms with Gasteiger partial charge in [-0.25, -0.2) is 4.79 Å². The topological polar surface area (TPSA) is 147 Å². The molecule has 4 aliphatic rings. The third-order valence-corrected chi connectivity index (χ3v) is 10.5. The van der Waals surface area contributed by atoms with Crippen molar-refractivity contribution in [1.82, 2.24) is 5.32 Å². The van der Waals surface area contributed by atoms with E-state index in [-0.39, 0.29) is 23.3 Å². The van der Waals surface area contributed by atoms with Crippen LogP contribution >= 0.6 is 0 Å². The first kappa shape index (κ1) is 29.1. The highest BCUT2D eigenvalue weighted by Crippen LogP contribution is 2.67. The lowest BCUT2D eigenvalue weighted by molar-refractivity contribution is -0.145. The number of rotatable bonds is 9. The van der Waals surface area contributed by atoms with Gasteiger partial charge in [0.1, 0.15) is 11.6 Å². The molecule has 0 aliphatic heterocycles. The van der Waals surface area contributed by atoms with Crippen LogP contribution in [0.15, 0.2) is 16.8 Å². The van der Waals surface area contributed by atoms with Crippen molar-refractivity contribution in [3.05, 3.63) is 11.6 Å². The molecular formula is C30H44N4O5. The Morgan fingerprint density at radius 3 is 2.69 bits per heavy atom. The van der Waals surface area contributed by atoms with E-state index < -0.39 is 23.5 Å². The van der Waals surface area contributed by atoms with Crippen molar-refractivity contribution in [2.75, 3.05) is 13.7 Å². The Hall–Kier alpha value is -2.86. The number of nitrogens with zero attached hydrogens (tertiary/aromatic N) is 1. The summed E-state index contributed by atoms with van der Waals surface area (Å²) in [6, 6.07) is -0.820. The van der Waals surface area contributed by atoms with Crippen molar-refractivity contribution < 1.29 is 24.3 Å². The van der Waals surface area contributed by atoms with Gasteiger partial charge in [-0.1, -0.05) is 30.5 Å². The molecule has 5 N–H and O–H groups in total. The molecule has 0 heterocycles. The van der Waals surface area contributed by atoms with Gasteiger partial charge in [0.15, 0.2) is 6.61 Å². The Kier molecular flexibility index (Phi) is 8.46. The number of allylic oxidation sites excluding steroid dienone is 2. The Morgan fingerprint density at radius 2 is 2.00 bits per heavy atom. The number of oxime groups is 1. The number of terminal acetylenes is 1. The number of nitrogens with two attached hydrogens (primary N) is 1. The van der Waals surface area contributed by atoms with Crippen molar-refractivity contribution in [3.63, 3.8) is 0 Å². The lowest BCUT2D eigenvalue weighted by Gasteiger charge is -2.58. The van der Waals surface area contributed by atoms with Gasteiger partial charge in [-0.3, -0.25) is 10.2 Å². The number of amides is 1. The van der Waals surface area contributed by atoms with E-state index in [4.69, 9.17) is 27.1 Å². The summed E-state index contributed by atoms with van der Waals surface area (Å²) in [6.45, 7) is 4.31. The van der Waals surface area contributed by atoms with E-state index in [9.17, 15) is 14.7 Å². The largest absolute Gasteiger partial charge is 0.467 e. The molecule has 0 saturated heterocycles. The van der Waals surface area contributed by atoms with Gasteiger partial charge in [0.05, 0.1) is 18.7 Å². The molecule has 7 atom stereocenters. The lowest BCUT2D eigenvalue weighted by atomic mass is 9.46. The maximum absolute atomic E-state index is 12.4. The molecule has 1 amide bonds. The average molecular weight is 541 g/mol. The number of aliphatic hydroxyl groups is 1. The predicted octanol–water partition coefficient (Wildman–Crippen LogP) is 3.45. The van der Waals surface area contributed by atoms with Crippen LogP contribution in [0.2, 0.25) is 0 Å². The molecule has 4 aliphatic carbocycles. The molecule has 0 radical (unpaired) electrons. The number of esters is 1. The summed E-state index contributed by atoms with van der Waals surface area (Å²) in [5.74, 6) is 3.39. The van der Waals surface area contributed by atoms with E-state index in [1.54, 1.807) is 0 Å². The van der Waals surface area contributed by atoms with Crippen LogP contribution in [-0.4, -0.2) is 53.9 Å². The standard InChI is InChI=1S/C30H44N4O5/c1-5-30(37)16-13-23-21-10-9-19-17-20(11-14-28(19,2)22(21)12-15-29(23,30)3)34-39-18-26(35)33-24(27(36)38-4)7-6-8-25(31)32/h1,17,21-24,37H,6-16,18H2,2-4H3,(H3,31,32)(H,33,35)/b34-20-/t21?,22?,23?,24?,28-,29-,30+/m0/s1. The fourth-order valence-corrected chi connectivity index (χ4v) is 8.19. The van der Waals surface area contributed by atoms with Crippen molar-refractivity contribution >= 4 is 23.4 Å². The minimum Gasteiger partial charge on any atom is -0.467 e. The zero-order chi connectivity index (χ0) is 28.4. The predicted molar refractivity (Wildman–Crippen MR) is 149 cm³/mol. The van der Waals surface area contributed by atoms with Gasteiger partial charge >= 0.3 is 5.97 Å². The van der Waals surface area contributed by atoms with Gasteiger partial charge in [-0.15, -0.1) is 6.42 Å². The van der Waals surface area contributed by atoms with Crippen molar-refractivity contribution in [2.24, 2.45) is 39.5 Å². The highest BCUT2D eigenvalue weighted by atomic mass is 16.6. The summed E-state index contributed by atoms with van der Waals surface area (Å²) in [5.41, 5.74) is 6.54. The first-order chi connectivity index (χ1) is 18.5. The molecule has 0 aromatic heterocycles. The Morgan fingerprint density at radius 1 is 1.26 bits per heavy atom. The normalized spacial score (nSPS) is 36.8. The van der Waals surface area contributed by atoms with Crippen LogP contribution < -0.4 is 11.1 Å². The van der Waals surface area contributed by atoms with E-state index in [1.807, 2.05) is 0 Å². The second kappa shape index (κ2) is 11.3. The second-order valence-electron chi connectivity index (χ2n) is 12.4. The molecule has 3 saturated carbocycles. The number of hydrogen-bond acceptors (Lipinski definition) is 7. The van der Waals surface area contributed by atoms with Crippen molar-refractivity contribution in [3.8, 4) is 12.3 Å². The molecule has 9 nitrogen and oxygen atoms in total. The van der Waals surface area contributed by atoms with E-state index in [2.05, 4.69) is 36.3 Å². The third kappa shape index (κ3) is 5.45. The summed E-state index contributed by atoms with van der Waals surface area (Å²) >= 11 is 0. The maximum Gasteiger partial charge on any atom is 0.328 e. The second-order valence-corrected chi connectivity index (χ2v) is 12.4. The highest BCUT2D eigenvalue weighted by Gasteiger charge is 2.63. The van der Waals surface area contributed by atoms with Crippen LogP contribution in [0.1, 0.15) is 84.5 Å². The first-order valence-corrected chi connectivity index (χ1v) is 14.3. The van der Waals surface area contributed by atoms with Crippen molar-refractivity contribution in [2.45, 2.75) is 96.1 Å². The fraction of sp³-hybridized carbons (Fsp3) is 0.733. The number of ether oxygens (including phenoxy) is 1. The Balaban J connectivity index is 1.35. The molecule has 4 rings (SSSR count). The zero-order valence-electron chi connectivity index (χ0n) is 23.6. The minimum atomic E-state index is -0.985. The SMILES string of the molecule is C#C[C@@]1(O)CCC2C3CCC4=C/C(=N\OCC(=O)NC(CCCC(=N)N)C(=O)OC)CC[C@]4(C)C3CC[C@@]21C. The van der Waals surface area contributed by atoms with Crippen LogP contribution in [0, 0.1) is 46.3 Å². The summed E-state index contributed by atoms with van der Waals surface area (Å²) in [5, 5.41) is 25.4. The minimum absolute atomic E-state index is 0.0341. The summed E-state index contributed by atoms with van der Waals surface area (Å²) in [6.07, 6.45) is 16.7. The first-order valence-electron chi connectivity index (χ1n) is 14.3. The summed E-state index contributed by atoms with van der Waals surface area (Å²) in [4.78, 5) is 29.8. The van der Waals surface area contributed by atoms with Crippen LogP contribution in [-0.2, 0) is 19.2 Å². The van der Waals surface area contributed by atoms with Gasteiger partial charge in [0.2, 0.25) is 0 Å². The Labute approximate surface area is 231 Å². The lowest BCUT2D eigenvalue weighted by Crippen LogP contribution is -2.54. The molecule has 0 aromatic rings. The number of methoxy groups -OCH3 is 1. The number of carbonyl (C=O) groups is 2. The van der Waals surface area contributed by atoms with Crippen LogP contribution in [0.3, 0.4) is 0 Å². The quantitative estimate of drug-likeness (QED) is 0.116. The molecule has 0 bridgehead atoms. The van der Waals surface area contributed by atoms with Gasteiger partial charge in [0.25, 0.3) is 5.91 Å². The number of fused-ring (bicyclic) bond motifs is 5. The molecule has 3 fully saturated rings. The molecule has 0 aromatic carbocycles. The van der Waals surface area contributed by atoms with Crippen LogP contribution in [0.25, 0.3) is 0 Å². The van der Waals surface area contributed by atoms with Gasteiger partial charge < -0.3 is 25.7 Å². The van der Waals surface area contributed by atoms with Gasteiger partial charge in [0, 0.05) is 11.8 Å². The van der Waals surface area contributed by atoms with E-state index in [1.165, 1.54) is 12.7 Å². The highest BCUT2D eigenvalue weighted by molar-refractivity contribution is 5.96. The Bertz CT molecular complexity index is 1100. The van der Waals surface area contributed by atoms with E-state index >= 15 is 0 Å². The average Bonchev–Trinajstić information content (AvgIpc) is 3.18. The van der Waals surface area contributed by atoms with Crippen LogP contribution in [0.5, 0.6) is 0 Å². The molecule has 0 spiro atoms. The monoisotopic (exact) mass is 540 g/mol. The molecule has 39 heavy (non-hydrogen) atoms. The summed E-state index contributed by atoms with van der Waals surface area (Å²) < 4.78 is 4.78. The molecule has 9 heteroatoms. The summed E-state index contributed by atoms with van der Waals surface area (Å²) in [7, 11) is 1.27. The molecular weight excluding hydrogens is 496 g/mol. The smallest absolute Gasteiger partial charge is 0.328 e.